The second-order valence-electron chi connectivity index (χ2n) is 4.91. The summed E-state index contributed by atoms with van der Waals surface area (Å²) >= 11 is 7.52. The summed E-state index contributed by atoms with van der Waals surface area (Å²) in [4.78, 5) is 16.7. The largest absolute Gasteiger partial charge is 0.393 e. The van der Waals surface area contributed by atoms with E-state index in [2.05, 4.69) is 10.3 Å². The quantitative estimate of drug-likeness (QED) is 0.848. The maximum atomic E-state index is 11.7. The van der Waals surface area contributed by atoms with Crippen LogP contribution in [0.15, 0.2) is 17.7 Å². The molecule has 2 N–H and O–H groups in total. The standard InChI is InChI=1S/C13H14ClN3O2S/c14-12-10(17-3-4-20-13(17)16-12)1-2-11(19)15-7-8-5-9(18)6-8/h1-4,8-9,18H,5-7H2,(H,15,19). The van der Waals surface area contributed by atoms with Crippen molar-refractivity contribution in [1.29, 1.82) is 0 Å². The van der Waals surface area contributed by atoms with E-state index in [0.29, 0.717) is 23.3 Å². The number of carbonyl (C=O) groups excluding carboxylic acids is 1. The summed E-state index contributed by atoms with van der Waals surface area (Å²) in [5.41, 5.74) is 0.706. The van der Waals surface area contributed by atoms with E-state index in [-0.39, 0.29) is 12.0 Å². The van der Waals surface area contributed by atoms with Crippen LogP contribution in [0.2, 0.25) is 5.15 Å². The molecule has 0 saturated heterocycles. The number of imidazole rings is 1. The van der Waals surface area contributed by atoms with Crippen LogP contribution in [0.1, 0.15) is 18.5 Å². The Bertz CT molecular complexity index is 658. The molecule has 0 aromatic carbocycles. The number of fused-ring (bicyclic) bond motifs is 1. The second-order valence-corrected chi connectivity index (χ2v) is 6.14. The molecular weight excluding hydrogens is 298 g/mol. The lowest BCUT2D eigenvalue weighted by molar-refractivity contribution is -0.117. The summed E-state index contributed by atoms with van der Waals surface area (Å²) in [5.74, 6) is 0.233. The summed E-state index contributed by atoms with van der Waals surface area (Å²) in [7, 11) is 0. The lowest BCUT2D eigenvalue weighted by Gasteiger charge is -2.31. The summed E-state index contributed by atoms with van der Waals surface area (Å²) in [6.45, 7) is 0.605. The minimum absolute atomic E-state index is 0.160. The van der Waals surface area contributed by atoms with Crippen LogP contribution in [0, 0.1) is 5.92 Å². The molecule has 1 fully saturated rings. The van der Waals surface area contributed by atoms with Crippen molar-refractivity contribution >= 4 is 39.9 Å². The number of aliphatic hydroxyl groups excluding tert-OH is 1. The fourth-order valence-electron chi connectivity index (χ4n) is 2.25. The molecule has 3 rings (SSSR count). The molecule has 5 nitrogen and oxygen atoms in total. The number of aromatic nitrogens is 2. The molecule has 7 heteroatoms. The van der Waals surface area contributed by atoms with E-state index in [1.54, 1.807) is 6.08 Å². The Morgan fingerprint density at radius 2 is 2.45 bits per heavy atom. The van der Waals surface area contributed by atoms with E-state index in [1.165, 1.54) is 17.4 Å². The minimum Gasteiger partial charge on any atom is -0.393 e. The molecule has 2 aromatic rings. The van der Waals surface area contributed by atoms with Crippen molar-refractivity contribution in [3.05, 3.63) is 28.5 Å². The molecule has 1 saturated carbocycles. The first-order chi connectivity index (χ1) is 9.63. The fraction of sp³-hybridized carbons (Fsp3) is 0.385. The first-order valence-electron chi connectivity index (χ1n) is 6.38. The number of nitrogens with zero attached hydrogens (tertiary/aromatic N) is 2. The molecule has 106 valence electrons. The van der Waals surface area contributed by atoms with Crippen LogP contribution in [-0.4, -0.2) is 33.0 Å². The molecule has 0 aliphatic heterocycles. The minimum atomic E-state index is -0.190. The van der Waals surface area contributed by atoms with Gasteiger partial charge in [-0.05, 0) is 24.8 Å². The zero-order valence-corrected chi connectivity index (χ0v) is 12.2. The van der Waals surface area contributed by atoms with Crippen LogP contribution in [0.25, 0.3) is 11.0 Å². The van der Waals surface area contributed by atoms with Crippen molar-refractivity contribution in [2.75, 3.05) is 6.54 Å². The Balaban J connectivity index is 1.60. The van der Waals surface area contributed by atoms with Gasteiger partial charge in [-0.1, -0.05) is 11.6 Å². The van der Waals surface area contributed by atoms with Gasteiger partial charge in [0.15, 0.2) is 10.1 Å². The summed E-state index contributed by atoms with van der Waals surface area (Å²) in [5, 5.41) is 14.3. The number of aliphatic hydroxyl groups is 1. The molecule has 1 amide bonds. The van der Waals surface area contributed by atoms with Crippen LogP contribution in [0.4, 0.5) is 0 Å². The normalized spacial score (nSPS) is 22.3. The zero-order chi connectivity index (χ0) is 14.1. The van der Waals surface area contributed by atoms with Gasteiger partial charge in [0.1, 0.15) is 0 Å². The molecule has 20 heavy (non-hydrogen) atoms. The lowest BCUT2D eigenvalue weighted by atomic mass is 9.82. The summed E-state index contributed by atoms with van der Waals surface area (Å²) in [6, 6.07) is 0. The fourth-order valence-corrected chi connectivity index (χ4v) is 3.26. The Labute approximate surface area is 124 Å². The Morgan fingerprint density at radius 1 is 1.65 bits per heavy atom. The average molecular weight is 312 g/mol. The molecule has 0 bridgehead atoms. The van der Waals surface area contributed by atoms with Gasteiger partial charge in [-0.3, -0.25) is 9.20 Å². The van der Waals surface area contributed by atoms with Crippen LogP contribution in [-0.2, 0) is 4.79 Å². The van der Waals surface area contributed by atoms with Gasteiger partial charge in [0.2, 0.25) is 5.91 Å². The summed E-state index contributed by atoms with van der Waals surface area (Å²) in [6.07, 6.45) is 6.35. The highest BCUT2D eigenvalue weighted by atomic mass is 35.5. The number of rotatable bonds is 4. The number of thiazole rings is 1. The molecule has 2 aromatic heterocycles. The van der Waals surface area contributed by atoms with Gasteiger partial charge in [0.25, 0.3) is 0 Å². The van der Waals surface area contributed by atoms with E-state index in [9.17, 15) is 9.90 Å². The van der Waals surface area contributed by atoms with Crippen LogP contribution in [0.3, 0.4) is 0 Å². The van der Waals surface area contributed by atoms with Crippen molar-refractivity contribution < 1.29 is 9.90 Å². The number of halogens is 1. The second kappa shape index (κ2) is 5.55. The predicted molar refractivity (Wildman–Crippen MR) is 78.9 cm³/mol. The predicted octanol–water partition coefficient (Wildman–Crippen LogP) is 1.95. The third-order valence-electron chi connectivity index (χ3n) is 3.42. The zero-order valence-electron chi connectivity index (χ0n) is 10.6. The van der Waals surface area contributed by atoms with Gasteiger partial charge in [-0.25, -0.2) is 4.98 Å². The first-order valence-corrected chi connectivity index (χ1v) is 7.64. The smallest absolute Gasteiger partial charge is 0.244 e. The average Bonchev–Trinajstić information content (AvgIpc) is 2.91. The lowest BCUT2D eigenvalue weighted by Crippen LogP contribution is -2.37. The monoisotopic (exact) mass is 311 g/mol. The molecule has 1 aliphatic rings. The maximum Gasteiger partial charge on any atom is 0.244 e. The molecule has 0 atom stereocenters. The van der Waals surface area contributed by atoms with Gasteiger partial charge in [0, 0.05) is 24.2 Å². The van der Waals surface area contributed by atoms with Gasteiger partial charge < -0.3 is 10.4 Å². The van der Waals surface area contributed by atoms with E-state index < -0.39 is 0 Å². The van der Waals surface area contributed by atoms with Crippen molar-refractivity contribution in [3.8, 4) is 0 Å². The number of amides is 1. The van der Waals surface area contributed by atoms with Gasteiger partial charge in [-0.15, -0.1) is 11.3 Å². The molecule has 0 unspecified atom stereocenters. The molecule has 0 spiro atoms. The van der Waals surface area contributed by atoms with Crippen molar-refractivity contribution in [1.82, 2.24) is 14.7 Å². The molecule has 0 radical (unpaired) electrons. The Morgan fingerprint density at radius 3 is 3.20 bits per heavy atom. The van der Waals surface area contributed by atoms with Gasteiger partial charge in [-0.2, -0.15) is 0 Å². The molecular formula is C13H14ClN3O2S. The number of nitrogens with one attached hydrogen (secondary N) is 1. The third-order valence-corrected chi connectivity index (χ3v) is 4.46. The maximum absolute atomic E-state index is 11.7. The van der Waals surface area contributed by atoms with Crippen molar-refractivity contribution in [3.63, 3.8) is 0 Å². The van der Waals surface area contributed by atoms with E-state index in [4.69, 9.17) is 11.6 Å². The first kappa shape index (κ1) is 13.6. The van der Waals surface area contributed by atoms with Crippen molar-refractivity contribution in [2.45, 2.75) is 18.9 Å². The van der Waals surface area contributed by atoms with Gasteiger partial charge in [0.05, 0.1) is 11.8 Å². The Hall–Kier alpha value is -1.37. The van der Waals surface area contributed by atoms with Crippen molar-refractivity contribution in [2.24, 2.45) is 5.92 Å². The van der Waals surface area contributed by atoms with E-state index in [0.717, 1.165) is 17.8 Å². The van der Waals surface area contributed by atoms with E-state index >= 15 is 0 Å². The van der Waals surface area contributed by atoms with Gasteiger partial charge >= 0.3 is 0 Å². The van der Waals surface area contributed by atoms with Crippen LogP contribution >= 0.6 is 22.9 Å². The number of hydrogen-bond acceptors (Lipinski definition) is 4. The number of hydrogen-bond donors (Lipinski definition) is 2. The highest BCUT2D eigenvalue weighted by Crippen LogP contribution is 2.26. The van der Waals surface area contributed by atoms with Crippen LogP contribution < -0.4 is 5.32 Å². The molecule has 2 heterocycles. The topological polar surface area (TPSA) is 66.6 Å². The highest BCUT2D eigenvalue weighted by Gasteiger charge is 2.26. The number of carbonyl (C=O) groups is 1. The van der Waals surface area contributed by atoms with E-state index in [1.807, 2.05) is 16.0 Å². The molecule has 1 aliphatic carbocycles. The van der Waals surface area contributed by atoms with Crippen LogP contribution in [0.5, 0.6) is 0 Å². The SMILES string of the molecule is O=C(C=Cc1c(Cl)nc2sccn12)NCC1CC(O)C1. The highest BCUT2D eigenvalue weighted by molar-refractivity contribution is 7.15. The summed E-state index contributed by atoms with van der Waals surface area (Å²) < 4.78 is 1.85. The third kappa shape index (κ3) is 2.72. The Kier molecular flexibility index (Phi) is 3.78.